The number of ether oxygens (including phenoxy) is 2. The summed E-state index contributed by atoms with van der Waals surface area (Å²) in [5, 5.41) is 15.0. The summed E-state index contributed by atoms with van der Waals surface area (Å²) in [6.45, 7) is 13.6. The molecule has 4 heteroatoms. The molecule has 0 bridgehead atoms. The van der Waals surface area contributed by atoms with E-state index in [4.69, 9.17) is 9.47 Å². The zero-order valence-electron chi connectivity index (χ0n) is 44.5. The molecule has 13 aromatic rings. The van der Waals surface area contributed by atoms with Gasteiger partial charge < -0.3 is 19.3 Å². The van der Waals surface area contributed by atoms with Crippen molar-refractivity contribution in [3.8, 4) is 33.8 Å². The van der Waals surface area contributed by atoms with Crippen molar-refractivity contribution >= 4 is 98.8 Å². The van der Waals surface area contributed by atoms with E-state index in [0.29, 0.717) is 0 Å². The van der Waals surface area contributed by atoms with Crippen LogP contribution in [-0.4, -0.2) is 14.2 Å². The van der Waals surface area contributed by atoms with E-state index in [2.05, 4.69) is 270 Å². The molecule has 0 N–H and O–H groups in total. The van der Waals surface area contributed by atoms with Crippen LogP contribution < -0.4 is 19.3 Å². The van der Waals surface area contributed by atoms with Gasteiger partial charge in [0, 0.05) is 33.5 Å². The van der Waals surface area contributed by atoms with Gasteiger partial charge in [-0.2, -0.15) is 0 Å². The lowest BCUT2D eigenvalue weighted by molar-refractivity contribution is 0.414. The van der Waals surface area contributed by atoms with Gasteiger partial charge in [-0.3, -0.25) is 0 Å². The molecule has 0 spiro atoms. The Hall–Kier alpha value is -8.86. The van der Waals surface area contributed by atoms with E-state index in [0.717, 1.165) is 45.6 Å². The molecule has 0 saturated carbocycles. The molecule has 4 nitrogen and oxygen atoms in total. The van der Waals surface area contributed by atoms with Crippen molar-refractivity contribution in [2.45, 2.75) is 52.4 Å². The highest BCUT2D eigenvalue weighted by Crippen LogP contribution is 2.58. The summed E-state index contributed by atoms with van der Waals surface area (Å²) in [5.74, 6) is 1.65. The lowest BCUT2D eigenvalue weighted by atomic mass is 9.87. The normalized spacial score (nSPS) is 12.2. The predicted molar refractivity (Wildman–Crippen MR) is 325 cm³/mol. The van der Waals surface area contributed by atoms with Gasteiger partial charge in [0.05, 0.1) is 25.6 Å². The van der Waals surface area contributed by atoms with E-state index < -0.39 is 0 Å². The Morgan fingerprint density at radius 1 is 0.276 bits per heavy atom. The molecular formula is C72H60N2O2. The molecule has 13 rings (SSSR count). The highest BCUT2D eigenvalue weighted by atomic mass is 16.5. The average molecular weight is 985 g/mol. The van der Waals surface area contributed by atoms with Crippen LogP contribution in [0.4, 0.5) is 34.1 Å². The number of rotatable bonds is 10. The monoisotopic (exact) mass is 984 g/mol. The van der Waals surface area contributed by atoms with Crippen LogP contribution in [0.2, 0.25) is 0 Å². The molecule has 0 aliphatic rings. The van der Waals surface area contributed by atoms with Crippen molar-refractivity contribution in [1.29, 1.82) is 0 Å². The second kappa shape index (κ2) is 17.9. The van der Waals surface area contributed by atoms with Crippen LogP contribution in [0.3, 0.4) is 0 Å². The Balaban J connectivity index is 1.14. The van der Waals surface area contributed by atoms with E-state index in [1.54, 1.807) is 14.2 Å². The fraction of sp³-hybridized carbons (Fsp3) is 0.139. The average Bonchev–Trinajstić information content (AvgIpc) is 4.16. The Bertz CT molecular complexity index is 3930. The summed E-state index contributed by atoms with van der Waals surface area (Å²) in [4.78, 5) is 4.83. The second-order valence-corrected chi connectivity index (χ2v) is 22.4. The minimum absolute atomic E-state index is 0.0231. The van der Waals surface area contributed by atoms with E-state index in [1.807, 2.05) is 0 Å². The van der Waals surface area contributed by atoms with E-state index >= 15 is 0 Å². The SMILES string of the molecule is COc1ccc(N(c2ccc(C(C)(C)C)cc2)c2ccc3c4c(-c5ccccc5)c5c6cccc7c(N(c8ccc(OC)cc8)c8ccc(C(C)(C)C)cc8)ccc(c5c(-c5ccccc5)c4c4cccc2c43)c76)cc1. The first kappa shape index (κ1) is 46.9. The molecule has 0 aliphatic heterocycles. The smallest absolute Gasteiger partial charge is 0.119 e. The van der Waals surface area contributed by atoms with Gasteiger partial charge >= 0.3 is 0 Å². The highest BCUT2D eigenvalue weighted by Gasteiger charge is 2.30. The van der Waals surface area contributed by atoms with Crippen LogP contribution in [0.25, 0.3) is 86.9 Å². The third kappa shape index (κ3) is 7.49. The molecule has 0 saturated heterocycles. The van der Waals surface area contributed by atoms with Crippen molar-refractivity contribution in [3.63, 3.8) is 0 Å². The molecule has 0 fully saturated rings. The summed E-state index contributed by atoms with van der Waals surface area (Å²) in [6.07, 6.45) is 0. The molecule has 0 amide bonds. The Morgan fingerprint density at radius 2 is 0.579 bits per heavy atom. The molecule has 0 atom stereocenters. The summed E-state index contributed by atoms with van der Waals surface area (Å²) in [6, 6.07) is 80.8. The number of anilines is 6. The van der Waals surface area contributed by atoms with Gasteiger partial charge in [0.2, 0.25) is 0 Å². The third-order valence-corrected chi connectivity index (χ3v) is 15.9. The molecule has 0 radical (unpaired) electrons. The first-order valence-corrected chi connectivity index (χ1v) is 26.5. The zero-order valence-corrected chi connectivity index (χ0v) is 44.5. The predicted octanol–water partition coefficient (Wildman–Crippen LogP) is 20.4. The van der Waals surface area contributed by atoms with Gasteiger partial charge in [-0.15, -0.1) is 0 Å². The molecule has 76 heavy (non-hydrogen) atoms. The minimum atomic E-state index is 0.0231. The van der Waals surface area contributed by atoms with E-state index in [-0.39, 0.29) is 10.8 Å². The topological polar surface area (TPSA) is 24.9 Å². The third-order valence-electron chi connectivity index (χ3n) is 15.9. The minimum Gasteiger partial charge on any atom is -0.497 e. The standard InChI is InChI=1S/C72H60N2O2/c1-71(2,3)47-25-29-49(30-26-47)73(51-33-37-53(75-7)38-34-51)61-43-41-59-65-55(61)21-15-23-57(65)67-63(45-17-11-9-12-18-45)70-60-42-44-62(56-22-16-24-58(66(56)60)68(70)64(69(59)67)46-19-13-10-14-20-46)74(52-35-39-54(76-8)40-36-52)50-31-27-48(28-32-50)72(4,5)6/h9-44H,1-8H3. The van der Waals surface area contributed by atoms with Crippen molar-refractivity contribution < 1.29 is 9.47 Å². The summed E-state index contributed by atoms with van der Waals surface area (Å²) in [5.41, 5.74) is 14.1. The molecule has 0 unspecified atom stereocenters. The fourth-order valence-corrected chi connectivity index (χ4v) is 12.2. The van der Waals surface area contributed by atoms with Crippen molar-refractivity contribution in [3.05, 3.63) is 230 Å². The first-order chi connectivity index (χ1) is 36.9. The first-order valence-electron chi connectivity index (χ1n) is 26.5. The number of nitrogens with zero attached hydrogens (tertiary/aromatic N) is 2. The number of hydrogen-bond donors (Lipinski definition) is 0. The largest absolute Gasteiger partial charge is 0.497 e. The van der Waals surface area contributed by atoms with Crippen LogP contribution in [0, 0.1) is 0 Å². The molecule has 0 aromatic heterocycles. The van der Waals surface area contributed by atoms with Crippen molar-refractivity contribution in [1.82, 2.24) is 0 Å². The van der Waals surface area contributed by atoms with Gasteiger partial charge in [0.1, 0.15) is 11.5 Å². The van der Waals surface area contributed by atoms with Crippen LogP contribution in [0.15, 0.2) is 218 Å². The van der Waals surface area contributed by atoms with Crippen LogP contribution >= 0.6 is 0 Å². The summed E-state index contributed by atoms with van der Waals surface area (Å²) in [7, 11) is 3.45. The zero-order chi connectivity index (χ0) is 52.0. The van der Waals surface area contributed by atoms with Crippen molar-refractivity contribution in [2.75, 3.05) is 24.0 Å². The van der Waals surface area contributed by atoms with E-state index in [1.165, 1.54) is 98.0 Å². The molecule has 0 heterocycles. The number of fused-ring (bicyclic) bond motifs is 6. The maximum Gasteiger partial charge on any atom is 0.119 e. The van der Waals surface area contributed by atoms with Crippen molar-refractivity contribution in [2.24, 2.45) is 0 Å². The van der Waals surface area contributed by atoms with Gasteiger partial charge in [0.15, 0.2) is 0 Å². The Morgan fingerprint density at radius 3 is 0.895 bits per heavy atom. The van der Waals surface area contributed by atoms with Crippen LogP contribution in [0.5, 0.6) is 11.5 Å². The van der Waals surface area contributed by atoms with Gasteiger partial charge in [-0.25, -0.2) is 0 Å². The Labute approximate surface area is 445 Å². The van der Waals surface area contributed by atoms with Crippen LogP contribution in [0.1, 0.15) is 52.7 Å². The highest BCUT2D eigenvalue weighted by molar-refractivity contribution is 6.47. The summed E-state index contributed by atoms with van der Waals surface area (Å²) >= 11 is 0. The number of methoxy groups -OCH3 is 2. The molecular weight excluding hydrogens is 925 g/mol. The lowest BCUT2D eigenvalue weighted by Gasteiger charge is -2.28. The quantitative estimate of drug-likeness (QED) is 0.136. The number of benzene rings is 11. The second-order valence-electron chi connectivity index (χ2n) is 22.4. The Kier molecular flexibility index (Phi) is 11.1. The molecule has 370 valence electrons. The molecule has 0 aliphatic carbocycles. The van der Waals surface area contributed by atoms with Gasteiger partial charge in [0.25, 0.3) is 0 Å². The fourth-order valence-electron chi connectivity index (χ4n) is 12.2. The van der Waals surface area contributed by atoms with Crippen LogP contribution in [-0.2, 0) is 10.8 Å². The lowest BCUT2D eigenvalue weighted by Crippen LogP contribution is -2.13. The van der Waals surface area contributed by atoms with Gasteiger partial charge in [-0.1, -0.05) is 175 Å². The maximum absolute atomic E-state index is 5.68. The molecule has 13 aromatic carbocycles. The van der Waals surface area contributed by atoms with Gasteiger partial charge in [-0.05, 0) is 183 Å². The van der Waals surface area contributed by atoms with E-state index in [9.17, 15) is 0 Å². The summed E-state index contributed by atoms with van der Waals surface area (Å²) < 4.78 is 11.4. The maximum atomic E-state index is 5.68. The number of hydrogen-bond acceptors (Lipinski definition) is 4.